The molecular formula is C13H10ClN3O4. The van der Waals surface area contributed by atoms with Gasteiger partial charge in [-0.05, 0) is 18.2 Å². The van der Waals surface area contributed by atoms with Crippen LogP contribution in [0.25, 0.3) is 0 Å². The zero-order valence-electron chi connectivity index (χ0n) is 10.9. The van der Waals surface area contributed by atoms with E-state index in [0.29, 0.717) is 10.7 Å². The predicted octanol–water partition coefficient (Wildman–Crippen LogP) is 0.330. The molecule has 2 atom stereocenters. The molecule has 21 heavy (non-hydrogen) atoms. The van der Waals surface area contributed by atoms with E-state index >= 15 is 0 Å². The first-order valence-corrected chi connectivity index (χ1v) is 6.47. The molecule has 2 aliphatic heterocycles. The third kappa shape index (κ3) is 1.97. The SMILES string of the molecule is COC(=O)C1=NN[C@@H]2C(=O)N(c3cccc(Cl)c3)C(=O)[C@@H]12. The number of carbonyl (C=O) groups excluding carboxylic acids is 3. The highest BCUT2D eigenvalue weighted by atomic mass is 35.5. The van der Waals surface area contributed by atoms with Gasteiger partial charge in [0.25, 0.3) is 5.91 Å². The number of methoxy groups -OCH3 is 1. The molecule has 2 aliphatic rings. The first-order chi connectivity index (χ1) is 10.0. The fourth-order valence-electron chi connectivity index (χ4n) is 2.43. The van der Waals surface area contributed by atoms with Gasteiger partial charge in [-0.25, -0.2) is 9.69 Å². The van der Waals surface area contributed by atoms with Crippen LogP contribution in [0.4, 0.5) is 5.69 Å². The summed E-state index contributed by atoms with van der Waals surface area (Å²) in [5, 5.41) is 4.14. The molecule has 0 bridgehead atoms. The average Bonchev–Trinajstić information content (AvgIpc) is 3.00. The summed E-state index contributed by atoms with van der Waals surface area (Å²) in [7, 11) is 1.19. The second-order valence-corrected chi connectivity index (χ2v) is 5.00. The maximum Gasteiger partial charge on any atom is 0.355 e. The zero-order chi connectivity index (χ0) is 15.1. The maximum atomic E-state index is 12.5. The van der Waals surface area contributed by atoms with Crippen molar-refractivity contribution in [3.8, 4) is 0 Å². The van der Waals surface area contributed by atoms with Crippen molar-refractivity contribution in [2.24, 2.45) is 11.0 Å². The Balaban J connectivity index is 1.98. The van der Waals surface area contributed by atoms with Crippen LogP contribution >= 0.6 is 11.6 Å². The Labute approximate surface area is 124 Å². The molecule has 0 radical (unpaired) electrons. The number of nitrogens with zero attached hydrogens (tertiary/aromatic N) is 2. The summed E-state index contributed by atoms with van der Waals surface area (Å²) in [4.78, 5) is 37.4. The van der Waals surface area contributed by atoms with Gasteiger partial charge in [0, 0.05) is 5.02 Å². The Morgan fingerprint density at radius 2 is 2.14 bits per heavy atom. The van der Waals surface area contributed by atoms with Crippen molar-refractivity contribution in [2.75, 3.05) is 12.0 Å². The second kappa shape index (κ2) is 4.85. The number of amides is 2. The summed E-state index contributed by atoms with van der Waals surface area (Å²) >= 11 is 5.88. The number of halogens is 1. The molecule has 1 fully saturated rings. The highest BCUT2D eigenvalue weighted by Gasteiger charge is 2.55. The summed E-state index contributed by atoms with van der Waals surface area (Å²) < 4.78 is 4.57. The molecule has 1 saturated heterocycles. The number of esters is 1. The van der Waals surface area contributed by atoms with E-state index in [4.69, 9.17) is 11.6 Å². The molecule has 1 N–H and O–H groups in total. The summed E-state index contributed by atoms with van der Waals surface area (Å²) in [6, 6.07) is 5.49. The summed E-state index contributed by atoms with van der Waals surface area (Å²) in [6.07, 6.45) is 0. The van der Waals surface area contributed by atoms with Gasteiger partial charge in [-0.3, -0.25) is 15.0 Å². The van der Waals surface area contributed by atoms with E-state index in [-0.39, 0.29) is 5.71 Å². The van der Waals surface area contributed by atoms with Crippen molar-refractivity contribution in [1.29, 1.82) is 0 Å². The van der Waals surface area contributed by atoms with E-state index in [2.05, 4.69) is 15.3 Å². The molecule has 0 saturated carbocycles. The van der Waals surface area contributed by atoms with Crippen molar-refractivity contribution in [3.63, 3.8) is 0 Å². The van der Waals surface area contributed by atoms with Crippen LogP contribution in [0, 0.1) is 5.92 Å². The van der Waals surface area contributed by atoms with E-state index in [1.807, 2.05) is 0 Å². The molecule has 0 aliphatic carbocycles. The van der Waals surface area contributed by atoms with Crippen LogP contribution < -0.4 is 10.3 Å². The summed E-state index contributed by atoms with van der Waals surface area (Å²) in [5.41, 5.74) is 2.79. The number of ether oxygens (including phenoxy) is 1. The molecule has 2 amide bonds. The Kier molecular flexibility index (Phi) is 3.13. The van der Waals surface area contributed by atoms with Gasteiger partial charge < -0.3 is 4.74 Å². The summed E-state index contributed by atoms with van der Waals surface area (Å²) in [5.74, 6) is -2.70. The Morgan fingerprint density at radius 1 is 1.38 bits per heavy atom. The van der Waals surface area contributed by atoms with Gasteiger partial charge >= 0.3 is 5.97 Å². The van der Waals surface area contributed by atoms with E-state index < -0.39 is 29.7 Å². The molecule has 1 aromatic rings. The van der Waals surface area contributed by atoms with E-state index in [1.54, 1.807) is 18.2 Å². The van der Waals surface area contributed by atoms with Gasteiger partial charge in [0.1, 0.15) is 12.0 Å². The van der Waals surface area contributed by atoms with Gasteiger partial charge in [-0.1, -0.05) is 17.7 Å². The monoisotopic (exact) mass is 307 g/mol. The van der Waals surface area contributed by atoms with Crippen LogP contribution in [0.3, 0.4) is 0 Å². The number of rotatable bonds is 2. The first kappa shape index (κ1) is 13.6. The molecule has 0 unspecified atom stereocenters. The Bertz CT molecular complexity index is 688. The van der Waals surface area contributed by atoms with Crippen molar-refractivity contribution in [2.45, 2.75) is 6.04 Å². The highest BCUT2D eigenvalue weighted by molar-refractivity contribution is 6.46. The van der Waals surface area contributed by atoms with Crippen LogP contribution in [0.15, 0.2) is 29.4 Å². The van der Waals surface area contributed by atoms with E-state index in [1.165, 1.54) is 13.2 Å². The standard InChI is InChI=1S/C13H10ClN3O4/c1-21-13(20)10-8-9(15-16-10)12(19)17(11(8)18)7-4-2-3-6(14)5-7/h2-5,8-9,15H,1H3/t8-,9+/m1/s1. The number of carbonyl (C=O) groups is 3. The normalized spacial score (nSPS) is 23.7. The molecule has 8 heteroatoms. The number of fused-ring (bicyclic) bond motifs is 1. The van der Waals surface area contributed by atoms with Crippen LogP contribution in [0.1, 0.15) is 0 Å². The van der Waals surface area contributed by atoms with Gasteiger partial charge in [0.15, 0.2) is 5.71 Å². The zero-order valence-corrected chi connectivity index (χ0v) is 11.6. The smallest absolute Gasteiger partial charge is 0.355 e. The van der Waals surface area contributed by atoms with Gasteiger partial charge in [0.2, 0.25) is 5.91 Å². The molecule has 1 aromatic carbocycles. The topological polar surface area (TPSA) is 88.1 Å². The molecule has 0 aromatic heterocycles. The quantitative estimate of drug-likeness (QED) is 0.628. The number of nitrogens with one attached hydrogen (secondary N) is 1. The number of benzene rings is 1. The van der Waals surface area contributed by atoms with E-state index in [9.17, 15) is 14.4 Å². The van der Waals surface area contributed by atoms with Crippen LogP contribution in [0.2, 0.25) is 5.02 Å². The minimum atomic E-state index is -0.969. The number of hydrogen-bond acceptors (Lipinski definition) is 6. The van der Waals surface area contributed by atoms with Gasteiger partial charge in [-0.15, -0.1) is 0 Å². The van der Waals surface area contributed by atoms with Crippen molar-refractivity contribution in [3.05, 3.63) is 29.3 Å². The Morgan fingerprint density at radius 3 is 2.81 bits per heavy atom. The van der Waals surface area contributed by atoms with Crippen LogP contribution in [-0.2, 0) is 19.1 Å². The van der Waals surface area contributed by atoms with Crippen molar-refractivity contribution in [1.82, 2.24) is 5.43 Å². The molecular weight excluding hydrogens is 298 g/mol. The number of imide groups is 1. The average molecular weight is 308 g/mol. The predicted molar refractivity (Wildman–Crippen MR) is 73.8 cm³/mol. The van der Waals surface area contributed by atoms with Crippen LogP contribution in [-0.4, -0.2) is 36.6 Å². The molecule has 0 spiro atoms. The van der Waals surface area contributed by atoms with Gasteiger partial charge in [-0.2, -0.15) is 5.10 Å². The fourth-order valence-corrected chi connectivity index (χ4v) is 2.62. The lowest BCUT2D eigenvalue weighted by Crippen LogP contribution is -2.36. The maximum absolute atomic E-state index is 12.5. The lowest BCUT2D eigenvalue weighted by molar-refractivity contribution is -0.133. The molecule has 3 rings (SSSR count). The Hall–Kier alpha value is -2.41. The third-order valence-electron chi connectivity index (χ3n) is 3.39. The van der Waals surface area contributed by atoms with Gasteiger partial charge in [0.05, 0.1) is 12.8 Å². The van der Waals surface area contributed by atoms with Crippen molar-refractivity contribution < 1.29 is 19.1 Å². The molecule has 2 heterocycles. The molecule has 7 nitrogen and oxygen atoms in total. The number of anilines is 1. The molecule has 108 valence electrons. The lowest BCUT2D eigenvalue weighted by Gasteiger charge is -2.15. The highest BCUT2D eigenvalue weighted by Crippen LogP contribution is 2.31. The fraction of sp³-hybridized carbons (Fsp3) is 0.231. The minimum absolute atomic E-state index is 0.0922. The largest absolute Gasteiger partial charge is 0.464 e. The van der Waals surface area contributed by atoms with E-state index in [0.717, 1.165) is 4.90 Å². The second-order valence-electron chi connectivity index (χ2n) is 4.56. The van der Waals surface area contributed by atoms with Crippen LogP contribution in [0.5, 0.6) is 0 Å². The number of hydrazone groups is 1. The third-order valence-corrected chi connectivity index (χ3v) is 3.62. The van der Waals surface area contributed by atoms with Crippen molar-refractivity contribution >= 4 is 40.8 Å². The minimum Gasteiger partial charge on any atom is -0.464 e. The summed E-state index contributed by atoms with van der Waals surface area (Å²) in [6.45, 7) is 0. The first-order valence-electron chi connectivity index (χ1n) is 6.09. The lowest BCUT2D eigenvalue weighted by atomic mass is 9.99. The number of hydrogen-bond donors (Lipinski definition) is 1.